The Bertz CT molecular complexity index is 813. The van der Waals surface area contributed by atoms with E-state index in [0.29, 0.717) is 17.4 Å². The quantitative estimate of drug-likeness (QED) is 0.716. The second-order valence-corrected chi connectivity index (χ2v) is 5.97. The molecule has 5 nitrogen and oxygen atoms in total. The molecule has 0 amide bonds. The molecule has 0 fully saturated rings. The van der Waals surface area contributed by atoms with Crippen molar-refractivity contribution in [1.82, 2.24) is 15.0 Å². The number of rotatable bonds is 5. The maximum atomic E-state index is 6.34. The Hall–Kier alpha value is -2.66. The highest BCUT2D eigenvalue weighted by molar-refractivity contribution is 6.33. The van der Waals surface area contributed by atoms with E-state index in [2.05, 4.69) is 31.7 Å². The van der Waals surface area contributed by atoms with Crippen molar-refractivity contribution in [2.24, 2.45) is 0 Å². The van der Waals surface area contributed by atoms with E-state index in [0.717, 1.165) is 28.2 Å². The third-order valence-electron chi connectivity index (χ3n) is 3.57. The molecule has 2 heterocycles. The minimum Gasteiger partial charge on any atom is -0.366 e. The highest BCUT2D eigenvalue weighted by Crippen LogP contribution is 2.30. The summed E-state index contributed by atoms with van der Waals surface area (Å²) in [4.78, 5) is 12.5. The molecule has 0 spiro atoms. The van der Waals surface area contributed by atoms with Gasteiger partial charge in [-0.05, 0) is 48.7 Å². The molecule has 0 aliphatic heterocycles. The molecule has 6 heteroatoms. The SMILES string of the molecule is Cc1cc(C)c(Nc2cc(NCc3ccncc3)ncn2)c(Cl)c1. The lowest BCUT2D eigenvalue weighted by molar-refractivity contribution is 1.07. The molecule has 2 aromatic heterocycles. The number of hydrogen-bond acceptors (Lipinski definition) is 5. The van der Waals surface area contributed by atoms with Gasteiger partial charge in [0.15, 0.2) is 0 Å². The summed E-state index contributed by atoms with van der Waals surface area (Å²) in [5.41, 5.74) is 4.20. The van der Waals surface area contributed by atoms with Crippen molar-refractivity contribution in [1.29, 1.82) is 0 Å². The Kier molecular flexibility index (Phi) is 4.91. The Labute approximate surface area is 146 Å². The van der Waals surface area contributed by atoms with Crippen LogP contribution in [0.25, 0.3) is 0 Å². The van der Waals surface area contributed by atoms with Gasteiger partial charge in [-0.2, -0.15) is 0 Å². The molecule has 3 aromatic rings. The molecule has 3 rings (SSSR count). The molecule has 0 atom stereocenters. The number of nitrogens with one attached hydrogen (secondary N) is 2. The monoisotopic (exact) mass is 339 g/mol. The van der Waals surface area contributed by atoms with Crippen LogP contribution in [-0.4, -0.2) is 15.0 Å². The topological polar surface area (TPSA) is 62.7 Å². The predicted molar refractivity (Wildman–Crippen MR) is 97.8 cm³/mol. The zero-order valence-corrected chi connectivity index (χ0v) is 14.3. The summed E-state index contributed by atoms with van der Waals surface area (Å²) in [6, 6.07) is 9.79. The first kappa shape index (κ1) is 16.2. The van der Waals surface area contributed by atoms with Crippen molar-refractivity contribution < 1.29 is 0 Å². The third kappa shape index (κ3) is 4.00. The lowest BCUT2D eigenvalue weighted by Crippen LogP contribution is -2.03. The van der Waals surface area contributed by atoms with E-state index >= 15 is 0 Å². The van der Waals surface area contributed by atoms with Gasteiger partial charge < -0.3 is 10.6 Å². The van der Waals surface area contributed by atoms with Gasteiger partial charge in [-0.25, -0.2) is 9.97 Å². The first-order valence-corrected chi connectivity index (χ1v) is 7.98. The van der Waals surface area contributed by atoms with Gasteiger partial charge in [0.25, 0.3) is 0 Å². The molecule has 0 unspecified atom stereocenters. The van der Waals surface area contributed by atoms with Crippen molar-refractivity contribution in [2.75, 3.05) is 10.6 Å². The first-order valence-electron chi connectivity index (χ1n) is 7.60. The second kappa shape index (κ2) is 7.27. The van der Waals surface area contributed by atoms with E-state index in [-0.39, 0.29) is 0 Å². The molecule has 0 radical (unpaired) electrons. The van der Waals surface area contributed by atoms with Gasteiger partial charge >= 0.3 is 0 Å². The van der Waals surface area contributed by atoms with Crippen molar-refractivity contribution in [2.45, 2.75) is 20.4 Å². The number of anilines is 3. The van der Waals surface area contributed by atoms with E-state index in [1.807, 2.05) is 38.1 Å². The van der Waals surface area contributed by atoms with Crippen molar-refractivity contribution in [3.63, 3.8) is 0 Å². The number of nitrogens with zero attached hydrogens (tertiary/aromatic N) is 3. The zero-order chi connectivity index (χ0) is 16.9. The van der Waals surface area contributed by atoms with Gasteiger partial charge in [-0.15, -0.1) is 0 Å². The molecule has 0 bridgehead atoms. The predicted octanol–water partition coefficient (Wildman–Crippen LogP) is 4.50. The fraction of sp³-hybridized carbons (Fsp3) is 0.167. The average Bonchev–Trinajstić information content (AvgIpc) is 2.58. The van der Waals surface area contributed by atoms with Crippen LogP contribution < -0.4 is 10.6 Å². The standard InChI is InChI=1S/C18H18ClN5/c1-12-7-13(2)18(15(19)8-12)24-17-9-16(22-11-23-17)21-10-14-3-5-20-6-4-14/h3-9,11H,10H2,1-2H3,(H2,21,22,23,24). The number of benzene rings is 1. The smallest absolute Gasteiger partial charge is 0.135 e. The molecule has 122 valence electrons. The van der Waals surface area contributed by atoms with E-state index in [4.69, 9.17) is 11.6 Å². The van der Waals surface area contributed by atoms with Crippen molar-refractivity contribution >= 4 is 28.9 Å². The van der Waals surface area contributed by atoms with Crippen LogP contribution in [0.2, 0.25) is 5.02 Å². The van der Waals surface area contributed by atoms with E-state index in [1.54, 1.807) is 12.4 Å². The van der Waals surface area contributed by atoms with Crippen LogP contribution in [0.1, 0.15) is 16.7 Å². The molecule has 0 aliphatic rings. The number of hydrogen-bond donors (Lipinski definition) is 2. The minimum absolute atomic E-state index is 0.670. The summed E-state index contributed by atoms with van der Waals surface area (Å²) in [7, 11) is 0. The molecule has 1 aromatic carbocycles. The Morgan fingerprint density at radius 2 is 1.75 bits per heavy atom. The van der Waals surface area contributed by atoms with Crippen molar-refractivity contribution in [3.05, 3.63) is 70.8 Å². The highest BCUT2D eigenvalue weighted by atomic mass is 35.5. The van der Waals surface area contributed by atoms with Crippen LogP contribution in [-0.2, 0) is 6.54 Å². The van der Waals surface area contributed by atoms with Gasteiger partial charge in [0.05, 0.1) is 10.7 Å². The largest absolute Gasteiger partial charge is 0.366 e. The van der Waals surface area contributed by atoms with Crippen LogP contribution in [0.4, 0.5) is 17.3 Å². The zero-order valence-electron chi connectivity index (χ0n) is 13.5. The molecule has 24 heavy (non-hydrogen) atoms. The van der Waals surface area contributed by atoms with Gasteiger partial charge in [0.2, 0.25) is 0 Å². The van der Waals surface area contributed by atoms with Gasteiger partial charge in [0, 0.05) is 25.0 Å². The van der Waals surface area contributed by atoms with Gasteiger partial charge in [0.1, 0.15) is 18.0 Å². The van der Waals surface area contributed by atoms with Crippen LogP contribution >= 0.6 is 11.6 Å². The summed E-state index contributed by atoms with van der Waals surface area (Å²) >= 11 is 6.34. The molecular formula is C18H18ClN5. The molecule has 2 N–H and O–H groups in total. The van der Waals surface area contributed by atoms with Gasteiger partial charge in [-0.1, -0.05) is 17.7 Å². The number of halogens is 1. The van der Waals surface area contributed by atoms with E-state index < -0.39 is 0 Å². The molecule has 0 saturated carbocycles. The molecule has 0 saturated heterocycles. The fourth-order valence-corrected chi connectivity index (χ4v) is 2.79. The normalized spacial score (nSPS) is 10.5. The summed E-state index contributed by atoms with van der Waals surface area (Å²) in [6.07, 6.45) is 5.06. The lowest BCUT2D eigenvalue weighted by Gasteiger charge is -2.13. The third-order valence-corrected chi connectivity index (χ3v) is 3.87. The number of aromatic nitrogens is 3. The second-order valence-electron chi connectivity index (χ2n) is 5.56. The average molecular weight is 340 g/mol. The lowest BCUT2D eigenvalue weighted by atomic mass is 10.1. The van der Waals surface area contributed by atoms with Crippen molar-refractivity contribution in [3.8, 4) is 0 Å². The fourth-order valence-electron chi connectivity index (χ4n) is 2.42. The maximum Gasteiger partial charge on any atom is 0.135 e. The number of pyridine rings is 1. The first-order chi connectivity index (χ1) is 11.6. The van der Waals surface area contributed by atoms with E-state index in [9.17, 15) is 0 Å². The molecular weight excluding hydrogens is 322 g/mol. The van der Waals surface area contributed by atoms with Crippen LogP contribution in [0, 0.1) is 13.8 Å². The summed E-state index contributed by atoms with van der Waals surface area (Å²) < 4.78 is 0. The number of aryl methyl sites for hydroxylation is 2. The Morgan fingerprint density at radius 1 is 1.00 bits per heavy atom. The minimum atomic E-state index is 0.670. The van der Waals surface area contributed by atoms with E-state index in [1.165, 1.54) is 6.33 Å². The van der Waals surface area contributed by atoms with Crippen LogP contribution in [0.15, 0.2) is 49.1 Å². The summed E-state index contributed by atoms with van der Waals surface area (Å²) in [6.45, 7) is 4.71. The highest BCUT2D eigenvalue weighted by Gasteiger charge is 2.07. The van der Waals surface area contributed by atoms with Crippen LogP contribution in [0.3, 0.4) is 0 Å². The molecule has 0 aliphatic carbocycles. The maximum absolute atomic E-state index is 6.34. The summed E-state index contributed by atoms with van der Waals surface area (Å²) in [5, 5.41) is 7.22. The van der Waals surface area contributed by atoms with Crippen LogP contribution in [0.5, 0.6) is 0 Å². The Balaban J connectivity index is 1.74. The Morgan fingerprint density at radius 3 is 2.50 bits per heavy atom. The summed E-state index contributed by atoms with van der Waals surface area (Å²) in [5.74, 6) is 1.43. The van der Waals surface area contributed by atoms with Gasteiger partial charge in [-0.3, -0.25) is 4.98 Å².